The van der Waals surface area contributed by atoms with Crippen LogP contribution in [0.15, 0.2) is 35.4 Å². The summed E-state index contributed by atoms with van der Waals surface area (Å²) in [4.78, 5) is 4.76. The Balaban J connectivity index is 2.14. The molecule has 0 radical (unpaired) electrons. The van der Waals surface area contributed by atoms with E-state index in [1.807, 2.05) is 18.2 Å². The van der Waals surface area contributed by atoms with Gasteiger partial charge in [0.25, 0.3) is 0 Å². The Bertz CT molecular complexity index is 563. The lowest BCUT2D eigenvalue weighted by Gasteiger charge is -2.11. The largest absolute Gasteiger partial charge is 0.396 e. The quantitative estimate of drug-likeness (QED) is 0.550. The lowest BCUT2D eigenvalue weighted by Crippen LogP contribution is -2.19. The second-order valence-electron chi connectivity index (χ2n) is 4.74. The third kappa shape index (κ3) is 4.97. The number of thioether (sulfide) groups is 1. The number of aromatic nitrogens is 1. The molecule has 114 valence electrons. The molecule has 0 fully saturated rings. The van der Waals surface area contributed by atoms with E-state index in [9.17, 15) is 0 Å². The summed E-state index contributed by atoms with van der Waals surface area (Å²) in [5.41, 5.74) is 2.22. The second kappa shape index (κ2) is 9.00. The van der Waals surface area contributed by atoms with Crippen molar-refractivity contribution in [1.82, 2.24) is 10.3 Å². The first-order chi connectivity index (χ1) is 10.3. The fourth-order valence-electron chi connectivity index (χ4n) is 2.02. The van der Waals surface area contributed by atoms with Crippen molar-refractivity contribution in [2.75, 3.05) is 32.6 Å². The molecule has 21 heavy (non-hydrogen) atoms. The van der Waals surface area contributed by atoms with Crippen LogP contribution in [0, 0.1) is 0 Å². The zero-order valence-corrected chi connectivity index (χ0v) is 13.2. The van der Waals surface area contributed by atoms with Crippen LogP contribution in [-0.2, 0) is 11.3 Å². The molecule has 2 rings (SSSR count). The smallest absolute Gasteiger partial charge is 0.101 e. The normalized spacial score (nSPS) is 11.1. The van der Waals surface area contributed by atoms with Gasteiger partial charge in [0.15, 0.2) is 0 Å². The summed E-state index contributed by atoms with van der Waals surface area (Å²) in [5.74, 6) is 0.882. The maximum Gasteiger partial charge on any atom is 0.101 e. The Morgan fingerprint density at radius 3 is 3.00 bits per heavy atom. The summed E-state index contributed by atoms with van der Waals surface area (Å²) in [6, 6.07) is 10.4. The van der Waals surface area contributed by atoms with Crippen LogP contribution in [0.3, 0.4) is 0 Å². The van der Waals surface area contributed by atoms with Gasteiger partial charge >= 0.3 is 0 Å². The fraction of sp³-hybridized carbons (Fsp3) is 0.438. The van der Waals surface area contributed by atoms with Crippen LogP contribution in [0.25, 0.3) is 10.9 Å². The standard InChI is InChI=1S/C16H22N2O2S/c1-20-9-7-17-12-14-11-13-5-2-3-6-15(13)18-16(14)21-10-4-8-19/h2-3,5-6,11,17,19H,4,7-10,12H2,1H3. The summed E-state index contributed by atoms with van der Waals surface area (Å²) in [6.45, 7) is 2.53. The number of aliphatic hydroxyl groups is 1. The molecule has 0 bridgehead atoms. The summed E-state index contributed by atoms with van der Waals surface area (Å²) < 4.78 is 5.05. The Morgan fingerprint density at radius 2 is 2.19 bits per heavy atom. The Morgan fingerprint density at radius 1 is 1.33 bits per heavy atom. The molecule has 0 aliphatic rings. The molecule has 1 aromatic heterocycles. The van der Waals surface area contributed by atoms with Gasteiger partial charge in [-0.1, -0.05) is 18.2 Å². The van der Waals surface area contributed by atoms with E-state index in [2.05, 4.69) is 17.4 Å². The molecule has 1 heterocycles. The number of ether oxygens (including phenoxy) is 1. The number of hydrogen-bond donors (Lipinski definition) is 2. The predicted octanol–water partition coefficient (Wildman–Crippen LogP) is 2.45. The van der Waals surface area contributed by atoms with E-state index in [1.165, 1.54) is 5.56 Å². The fourth-order valence-corrected chi connectivity index (χ4v) is 2.97. The molecule has 0 aliphatic heterocycles. The molecule has 0 aliphatic carbocycles. The van der Waals surface area contributed by atoms with Crippen LogP contribution < -0.4 is 5.32 Å². The van der Waals surface area contributed by atoms with Crippen molar-refractivity contribution in [3.63, 3.8) is 0 Å². The molecule has 2 aromatic rings. The van der Waals surface area contributed by atoms with Crippen molar-refractivity contribution in [3.05, 3.63) is 35.9 Å². The van der Waals surface area contributed by atoms with E-state index in [0.717, 1.165) is 41.2 Å². The molecule has 0 saturated heterocycles. The molecule has 0 saturated carbocycles. The van der Waals surface area contributed by atoms with E-state index in [4.69, 9.17) is 14.8 Å². The van der Waals surface area contributed by atoms with Crippen molar-refractivity contribution in [2.45, 2.75) is 18.0 Å². The molecular weight excluding hydrogens is 284 g/mol. The van der Waals surface area contributed by atoms with Gasteiger partial charge < -0.3 is 15.2 Å². The number of rotatable bonds is 9. The first kappa shape index (κ1) is 16.2. The molecule has 0 spiro atoms. The average molecular weight is 306 g/mol. The monoisotopic (exact) mass is 306 g/mol. The summed E-state index contributed by atoms with van der Waals surface area (Å²) in [6.07, 6.45) is 0.787. The van der Waals surface area contributed by atoms with Gasteiger partial charge in [-0.05, 0) is 24.1 Å². The number of aliphatic hydroxyl groups excluding tert-OH is 1. The maximum absolute atomic E-state index is 8.93. The number of benzene rings is 1. The van der Waals surface area contributed by atoms with Crippen LogP contribution in [0.5, 0.6) is 0 Å². The SMILES string of the molecule is COCCNCc1cc2ccccc2nc1SCCCO. The second-order valence-corrected chi connectivity index (χ2v) is 5.82. The molecule has 0 atom stereocenters. The number of nitrogens with zero attached hydrogens (tertiary/aromatic N) is 1. The number of nitrogens with one attached hydrogen (secondary N) is 1. The Labute approximate surface area is 129 Å². The maximum atomic E-state index is 8.93. The number of methoxy groups -OCH3 is 1. The van der Waals surface area contributed by atoms with E-state index in [0.29, 0.717) is 6.61 Å². The predicted molar refractivity (Wildman–Crippen MR) is 87.8 cm³/mol. The van der Waals surface area contributed by atoms with Crippen molar-refractivity contribution in [3.8, 4) is 0 Å². The molecule has 5 heteroatoms. The first-order valence-corrected chi connectivity index (χ1v) is 8.15. The topological polar surface area (TPSA) is 54.4 Å². The molecule has 4 nitrogen and oxygen atoms in total. The minimum atomic E-state index is 0.224. The van der Waals surface area contributed by atoms with E-state index in [-0.39, 0.29) is 6.61 Å². The zero-order valence-electron chi connectivity index (χ0n) is 12.3. The van der Waals surface area contributed by atoms with Gasteiger partial charge in [-0.2, -0.15) is 0 Å². The van der Waals surface area contributed by atoms with E-state index < -0.39 is 0 Å². The van der Waals surface area contributed by atoms with Crippen molar-refractivity contribution in [2.24, 2.45) is 0 Å². The number of para-hydroxylation sites is 1. The van der Waals surface area contributed by atoms with Gasteiger partial charge in [0.2, 0.25) is 0 Å². The molecule has 2 N–H and O–H groups in total. The third-order valence-electron chi connectivity index (χ3n) is 3.10. The highest BCUT2D eigenvalue weighted by atomic mass is 32.2. The minimum Gasteiger partial charge on any atom is -0.396 e. The highest BCUT2D eigenvalue weighted by Gasteiger charge is 2.07. The Hall–Kier alpha value is -1.14. The van der Waals surface area contributed by atoms with Gasteiger partial charge in [-0.15, -0.1) is 11.8 Å². The van der Waals surface area contributed by atoms with E-state index >= 15 is 0 Å². The summed E-state index contributed by atoms with van der Waals surface area (Å²) in [7, 11) is 1.70. The number of hydrogen-bond acceptors (Lipinski definition) is 5. The zero-order chi connectivity index (χ0) is 14.9. The molecule has 1 aromatic carbocycles. The Kier molecular flexibility index (Phi) is 6.95. The van der Waals surface area contributed by atoms with Crippen LogP contribution in [0.2, 0.25) is 0 Å². The lowest BCUT2D eigenvalue weighted by molar-refractivity contribution is 0.199. The third-order valence-corrected chi connectivity index (χ3v) is 4.22. The highest BCUT2D eigenvalue weighted by molar-refractivity contribution is 7.99. The van der Waals surface area contributed by atoms with Gasteiger partial charge in [0, 0.05) is 37.9 Å². The summed E-state index contributed by atoms with van der Waals surface area (Å²) in [5, 5.41) is 14.5. The molecular formula is C16H22N2O2S. The van der Waals surface area contributed by atoms with Crippen LogP contribution >= 0.6 is 11.8 Å². The molecule has 0 amide bonds. The van der Waals surface area contributed by atoms with Gasteiger partial charge in [0.1, 0.15) is 5.03 Å². The minimum absolute atomic E-state index is 0.224. The summed E-state index contributed by atoms with van der Waals surface area (Å²) >= 11 is 1.71. The van der Waals surface area contributed by atoms with Crippen molar-refractivity contribution in [1.29, 1.82) is 0 Å². The van der Waals surface area contributed by atoms with Crippen LogP contribution in [0.1, 0.15) is 12.0 Å². The van der Waals surface area contributed by atoms with Crippen LogP contribution in [0.4, 0.5) is 0 Å². The van der Waals surface area contributed by atoms with E-state index in [1.54, 1.807) is 18.9 Å². The van der Waals surface area contributed by atoms with Gasteiger partial charge in [0.05, 0.1) is 12.1 Å². The number of pyridine rings is 1. The van der Waals surface area contributed by atoms with Crippen molar-refractivity contribution < 1.29 is 9.84 Å². The van der Waals surface area contributed by atoms with Crippen molar-refractivity contribution >= 4 is 22.7 Å². The average Bonchev–Trinajstić information content (AvgIpc) is 2.52. The van der Waals surface area contributed by atoms with Gasteiger partial charge in [-0.3, -0.25) is 0 Å². The first-order valence-electron chi connectivity index (χ1n) is 7.17. The molecule has 0 unspecified atom stereocenters. The van der Waals surface area contributed by atoms with Crippen LogP contribution in [-0.4, -0.2) is 42.7 Å². The van der Waals surface area contributed by atoms with Gasteiger partial charge in [-0.25, -0.2) is 4.98 Å². The highest BCUT2D eigenvalue weighted by Crippen LogP contribution is 2.25. The number of fused-ring (bicyclic) bond motifs is 1. The lowest BCUT2D eigenvalue weighted by atomic mass is 10.1.